The lowest BCUT2D eigenvalue weighted by atomic mass is 10.0. The Balaban J connectivity index is 4.10. The van der Waals surface area contributed by atoms with Crippen LogP contribution in [0.25, 0.3) is 0 Å². The predicted molar refractivity (Wildman–Crippen MR) is 316 cm³/mol. The molecule has 0 aliphatic carbocycles. The first-order valence-electron chi connectivity index (χ1n) is 31.4. The van der Waals surface area contributed by atoms with Crippen molar-refractivity contribution >= 4 is 17.9 Å². The normalized spacial score (nSPS) is 12.5. The van der Waals surface area contributed by atoms with Crippen LogP contribution in [-0.4, -0.2) is 37.2 Å². The zero-order chi connectivity index (χ0) is 52.9. The van der Waals surface area contributed by atoms with Crippen molar-refractivity contribution in [2.24, 2.45) is 0 Å². The van der Waals surface area contributed by atoms with Crippen molar-refractivity contribution in [2.75, 3.05) is 13.2 Å². The second-order valence-electron chi connectivity index (χ2n) is 20.9. The third kappa shape index (κ3) is 59.6. The van der Waals surface area contributed by atoms with Crippen LogP contribution in [0.15, 0.2) is 72.9 Å². The number of ether oxygens (including phenoxy) is 3. The fourth-order valence-corrected chi connectivity index (χ4v) is 9.00. The van der Waals surface area contributed by atoms with Gasteiger partial charge in [0, 0.05) is 19.3 Å². The largest absolute Gasteiger partial charge is 0.462 e. The van der Waals surface area contributed by atoms with Crippen molar-refractivity contribution in [1.82, 2.24) is 0 Å². The van der Waals surface area contributed by atoms with Gasteiger partial charge in [0.1, 0.15) is 13.2 Å². The minimum atomic E-state index is -0.775. The Bertz CT molecular complexity index is 1360. The van der Waals surface area contributed by atoms with Gasteiger partial charge in [-0.05, 0) is 89.9 Å². The van der Waals surface area contributed by atoms with Gasteiger partial charge in [0.2, 0.25) is 0 Å². The number of rotatable bonds is 57. The summed E-state index contributed by atoms with van der Waals surface area (Å²) in [5, 5.41) is 0. The molecule has 0 aromatic rings. The van der Waals surface area contributed by atoms with Crippen LogP contribution in [0.5, 0.6) is 0 Å². The minimum Gasteiger partial charge on any atom is -0.462 e. The number of carbonyl (C=O) groups is 3. The molecule has 6 nitrogen and oxygen atoms in total. The van der Waals surface area contributed by atoms with Crippen molar-refractivity contribution in [2.45, 2.75) is 322 Å². The molecular formula is C67H118O6. The summed E-state index contributed by atoms with van der Waals surface area (Å²) in [6.45, 7) is 6.52. The van der Waals surface area contributed by atoms with E-state index < -0.39 is 6.10 Å². The van der Waals surface area contributed by atoms with Crippen LogP contribution in [0.2, 0.25) is 0 Å². The molecule has 0 amide bonds. The molecule has 0 bridgehead atoms. The lowest BCUT2D eigenvalue weighted by Crippen LogP contribution is -2.30. The van der Waals surface area contributed by atoms with Crippen LogP contribution >= 0.6 is 0 Å². The van der Waals surface area contributed by atoms with E-state index in [9.17, 15) is 14.4 Å². The van der Waals surface area contributed by atoms with Gasteiger partial charge in [-0.3, -0.25) is 14.4 Å². The van der Waals surface area contributed by atoms with E-state index in [-0.39, 0.29) is 31.1 Å². The van der Waals surface area contributed by atoms with Gasteiger partial charge in [0.05, 0.1) is 0 Å². The molecule has 0 N–H and O–H groups in total. The van der Waals surface area contributed by atoms with Crippen LogP contribution < -0.4 is 0 Å². The highest BCUT2D eigenvalue weighted by molar-refractivity contribution is 5.71. The van der Waals surface area contributed by atoms with Crippen molar-refractivity contribution < 1.29 is 28.6 Å². The van der Waals surface area contributed by atoms with Crippen LogP contribution in [0.4, 0.5) is 0 Å². The first-order chi connectivity index (χ1) is 36.0. The summed E-state index contributed by atoms with van der Waals surface area (Å²) in [6.07, 6.45) is 79.2. The topological polar surface area (TPSA) is 78.9 Å². The zero-order valence-electron chi connectivity index (χ0n) is 48.4. The lowest BCUT2D eigenvalue weighted by Gasteiger charge is -2.18. The molecule has 1 unspecified atom stereocenters. The molecular weight excluding hydrogens is 901 g/mol. The van der Waals surface area contributed by atoms with Gasteiger partial charge in [-0.2, -0.15) is 0 Å². The van der Waals surface area contributed by atoms with Crippen molar-refractivity contribution in [3.8, 4) is 0 Å². The van der Waals surface area contributed by atoms with Gasteiger partial charge in [0.25, 0.3) is 0 Å². The Labute approximate surface area is 453 Å². The van der Waals surface area contributed by atoms with Gasteiger partial charge < -0.3 is 14.2 Å². The number of carbonyl (C=O) groups excluding carboxylic acids is 3. The van der Waals surface area contributed by atoms with Crippen LogP contribution in [0.1, 0.15) is 316 Å². The van der Waals surface area contributed by atoms with Gasteiger partial charge in [0.15, 0.2) is 6.10 Å². The van der Waals surface area contributed by atoms with E-state index in [1.165, 1.54) is 180 Å². The second kappa shape index (κ2) is 61.4. The predicted octanol–water partition coefficient (Wildman–Crippen LogP) is 21.3. The Morgan fingerprint density at radius 1 is 0.288 bits per heavy atom. The average Bonchev–Trinajstić information content (AvgIpc) is 3.39. The van der Waals surface area contributed by atoms with E-state index in [1.807, 2.05) is 0 Å². The van der Waals surface area contributed by atoms with Gasteiger partial charge in [-0.25, -0.2) is 0 Å². The van der Waals surface area contributed by atoms with Gasteiger partial charge in [-0.1, -0.05) is 280 Å². The number of unbranched alkanes of at least 4 members (excludes halogenated alkanes) is 34. The highest BCUT2D eigenvalue weighted by Crippen LogP contribution is 2.17. The quantitative estimate of drug-likeness (QED) is 0.0261. The Kier molecular flexibility index (Phi) is 58.7. The van der Waals surface area contributed by atoms with E-state index in [0.717, 1.165) is 96.3 Å². The molecule has 0 aliphatic heterocycles. The Morgan fingerprint density at radius 3 is 0.849 bits per heavy atom. The monoisotopic (exact) mass is 1020 g/mol. The molecule has 0 rings (SSSR count). The number of hydrogen-bond acceptors (Lipinski definition) is 6. The highest BCUT2D eigenvalue weighted by atomic mass is 16.6. The molecule has 0 aromatic carbocycles. The first-order valence-corrected chi connectivity index (χ1v) is 31.4. The summed E-state index contributed by atoms with van der Waals surface area (Å²) < 4.78 is 16.9. The third-order valence-electron chi connectivity index (χ3n) is 13.7. The van der Waals surface area contributed by atoms with Crippen molar-refractivity contribution in [3.05, 3.63) is 72.9 Å². The lowest BCUT2D eigenvalue weighted by molar-refractivity contribution is -0.167. The van der Waals surface area contributed by atoms with Crippen LogP contribution in [-0.2, 0) is 28.6 Å². The summed E-state index contributed by atoms with van der Waals surface area (Å²) >= 11 is 0. The summed E-state index contributed by atoms with van der Waals surface area (Å²) in [7, 11) is 0. The van der Waals surface area contributed by atoms with Crippen molar-refractivity contribution in [3.63, 3.8) is 0 Å². The minimum absolute atomic E-state index is 0.0743. The number of allylic oxidation sites excluding steroid dienone is 12. The van der Waals surface area contributed by atoms with E-state index in [4.69, 9.17) is 14.2 Å². The van der Waals surface area contributed by atoms with E-state index in [1.54, 1.807) is 0 Å². The highest BCUT2D eigenvalue weighted by Gasteiger charge is 2.19. The second-order valence-corrected chi connectivity index (χ2v) is 20.9. The number of esters is 3. The standard InChI is InChI=1S/C67H118O6/c1-4-7-10-13-16-19-21-23-25-26-27-28-29-30-31-32-33-34-35-36-37-38-39-40-42-43-45-48-51-54-57-60-66(69)72-63-64(62-71-65(68)59-56-53-50-47-18-15-12-9-6-3)73-67(70)61-58-55-52-49-46-44-41-24-22-20-17-14-11-8-5-2/h7,10,16,19,23-25,27-28,30-31,41,64H,4-6,8-9,11-15,17-18,20-22,26,29,32-40,42-63H2,1-3H3/b10-7-,19-16-,25-23-,28-27-,31-30-,41-24-. The maximum Gasteiger partial charge on any atom is 0.306 e. The van der Waals surface area contributed by atoms with Crippen LogP contribution in [0, 0.1) is 0 Å². The molecule has 1 atom stereocenters. The molecule has 0 saturated heterocycles. The number of hydrogen-bond donors (Lipinski definition) is 0. The molecule has 6 heteroatoms. The molecule has 0 heterocycles. The SMILES string of the molecule is CC/C=C\C/C=C\C/C=C\C/C=C\C/C=C\CCCCCCCCCCCCCCCCCC(=O)OCC(COC(=O)CCCCCCCCCCC)OC(=O)CCCCCCC/C=C\CCCCCCCC. The van der Waals surface area contributed by atoms with E-state index >= 15 is 0 Å². The third-order valence-corrected chi connectivity index (χ3v) is 13.7. The summed E-state index contributed by atoms with van der Waals surface area (Å²) in [4.78, 5) is 38.1. The summed E-state index contributed by atoms with van der Waals surface area (Å²) in [5.74, 6) is -0.873. The van der Waals surface area contributed by atoms with Gasteiger partial charge in [-0.15, -0.1) is 0 Å². The fraction of sp³-hybridized carbons (Fsp3) is 0.776. The molecule has 73 heavy (non-hydrogen) atoms. The molecule has 0 spiro atoms. The fourth-order valence-electron chi connectivity index (χ4n) is 9.00. The molecule has 0 saturated carbocycles. The van der Waals surface area contributed by atoms with E-state index in [0.29, 0.717) is 19.3 Å². The average molecular weight is 1020 g/mol. The molecule has 0 aliphatic rings. The molecule has 0 aromatic heterocycles. The summed E-state index contributed by atoms with van der Waals surface area (Å²) in [5.41, 5.74) is 0. The maximum atomic E-state index is 12.8. The zero-order valence-corrected chi connectivity index (χ0v) is 48.4. The summed E-state index contributed by atoms with van der Waals surface area (Å²) in [6, 6.07) is 0. The first kappa shape index (κ1) is 69.8. The van der Waals surface area contributed by atoms with Crippen molar-refractivity contribution in [1.29, 1.82) is 0 Å². The maximum absolute atomic E-state index is 12.8. The van der Waals surface area contributed by atoms with E-state index in [2.05, 4.69) is 93.7 Å². The molecule has 0 radical (unpaired) electrons. The van der Waals surface area contributed by atoms with Crippen LogP contribution in [0.3, 0.4) is 0 Å². The Morgan fingerprint density at radius 2 is 0.534 bits per heavy atom. The van der Waals surface area contributed by atoms with Gasteiger partial charge >= 0.3 is 17.9 Å². The molecule has 422 valence electrons. The smallest absolute Gasteiger partial charge is 0.306 e. The Hall–Kier alpha value is -3.15. The molecule has 0 fully saturated rings.